The van der Waals surface area contributed by atoms with Crippen molar-refractivity contribution in [1.29, 1.82) is 0 Å². The molecule has 0 aliphatic carbocycles. The van der Waals surface area contributed by atoms with Gasteiger partial charge in [-0.15, -0.1) is 0 Å². The van der Waals surface area contributed by atoms with E-state index in [0.29, 0.717) is 5.95 Å². The van der Waals surface area contributed by atoms with E-state index >= 15 is 0 Å². The molecule has 4 nitrogen and oxygen atoms in total. The predicted molar refractivity (Wildman–Crippen MR) is 66.1 cm³/mol. The SMILES string of the molecule is Cc1cnc(N)n1Cc1ccc2c(c1)CCO2. The summed E-state index contributed by atoms with van der Waals surface area (Å²) in [4.78, 5) is 4.10. The second-order valence-electron chi connectivity index (χ2n) is 4.38. The normalized spacial score (nSPS) is 13.5. The monoisotopic (exact) mass is 229 g/mol. The fraction of sp³-hybridized carbons (Fsp3) is 0.308. The standard InChI is InChI=1S/C13H15N3O/c1-9-7-15-13(14)16(9)8-10-2-3-12-11(6-10)4-5-17-12/h2-3,6-7H,4-5,8H2,1H3,(H2,14,15). The minimum Gasteiger partial charge on any atom is -0.493 e. The number of ether oxygens (including phenoxy) is 1. The molecule has 0 fully saturated rings. The van der Waals surface area contributed by atoms with E-state index in [1.807, 2.05) is 17.6 Å². The van der Waals surface area contributed by atoms with Crippen molar-refractivity contribution in [2.45, 2.75) is 19.9 Å². The van der Waals surface area contributed by atoms with Crippen molar-refractivity contribution in [3.63, 3.8) is 0 Å². The molecular weight excluding hydrogens is 214 g/mol. The average molecular weight is 229 g/mol. The van der Waals surface area contributed by atoms with Crippen molar-refractivity contribution in [2.24, 2.45) is 0 Å². The Labute approximate surface area is 100 Å². The van der Waals surface area contributed by atoms with Gasteiger partial charge in [0.05, 0.1) is 19.3 Å². The number of rotatable bonds is 2. The summed E-state index contributed by atoms with van der Waals surface area (Å²) in [5, 5.41) is 0. The zero-order valence-corrected chi connectivity index (χ0v) is 9.81. The van der Waals surface area contributed by atoms with Crippen LogP contribution in [0.25, 0.3) is 0 Å². The van der Waals surface area contributed by atoms with Gasteiger partial charge in [0.25, 0.3) is 0 Å². The van der Waals surface area contributed by atoms with Crippen LogP contribution in [0.1, 0.15) is 16.8 Å². The highest BCUT2D eigenvalue weighted by molar-refractivity contribution is 5.40. The van der Waals surface area contributed by atoms with E-state index in [2.05, 4.69) is 17.1 Å². The first-order valence-corrected chi connectivity index (χ1v) is 5.76. The number of nitrogens with zero attached hydrogens (tertiary/aromatic N) is 2. The molecule has 0 saturated heterocycles. The number of hydrogen-bond acceptors (Lipinski definition) is 3. The molecule has 1 aromatic carbocycles. The highest BCUT2D eigenvalue weighted by Gasteiger charge is 2.12. The molecule has 3 rings (SSSR count). The maximum Gasteiger partial charge on any atom is 0.200 e. The number of aryl methyl sites for hydroxylation is 1. The van der Waals surface area contributed by atoms with Crippen LogP contribution >= 0.6 is 0 Å². The van der Waals surface area contributed by atoms with Gasteiger partial charge in [-0.1, -0.05) is 12.1 Å². The number of hydrogen-bond donors (Lipinski definition) is 1. The van der Waals surface area contributed by atoms with Gasteiger partial charge in [-0.25, -0.2) is 4.98 Å². The number of fused-ring (bicyclic) bond motifs is 1. The molecule has 0 saturated carbocycles. The van der Waals surface area contributed by atoms with E-state index in [9.17, 15) is 0 Å². The largest absolute Gasteiger partial charge is 0.493 e. The van der Waals surface area contributed by atoms with Gasteiger partial charge in [0.2, 0.25) is 5.95 Å². The summed E-state index contributed by atoms with van der Waals surface area (Å²) in [5.74, 6) is 1.59. The third-order valence-corrected chi connectivity index (χ3v) is 3.18. The van der Waals surface area contributed by atoms with E-state index in [-0.39, 0.29) is 0 Å². The Kier molecular flexibility index (Phi) is 2.28. The molecule has 2 N–H and O–H groups in total. The van der Waals surface area contributed by atoms with Gasteiger partial charge in [-0.3, -0.25) is 0 Å². The third kappa shape index (κ3) is 1.75. The minimum atomic E-state index is 0.569. The van der Waals surface area contributed by atoms with E-state index in [1.54, 1.807) is 6.20 Å². The van der Waals surface area contributed by atoms with Crippen LogP contribution in [0, 0.1) is 6.92 Å². The summed E-state index contributed by atoms with van der Waals surface area (Å²) in [6.07, 6.45) is 2.80. The smallest absolute Gasteiger partial charge is 0.200 e. The maximum atomic E-state index is 5.83. The lowest BCUT2D eigenvalue weighted by Gasteiger charge is -2.08. The van der Waals surface area contributed by atoms with Crippen LogP contribution in [0.5, 0.6) is 5.75 Å². The molecule has 0 radical (unpaired) electrons. The zero-order chi connectivity index (χ0) is 11.8. The number of nitrogens with two attached hydrogens (primary N) is 1. The number of benzene rings is 1. The highest BCUT2D eigenvalue weighted by Crippen LogP contribution is 2.26. The van der Waals surface area contributed by atoms with Crippen molar-refractivity contribution in [3.05, 3.63) is 41.2 Å². The summed E-state index contributed by atoms with van der Waals surface area (Å²) >= 11 is 0. The lowest BCUT2D eigenvalue weighted by Crippen LogP contribution is -2.06. The summed E-state index contributed by atoms with van der Waals surface area (Å²) in [6.45, 7) is 3.58. The zero-order valence-electron chi connectivity index (χ0n) is 9.81. The van der Waals surface area contributed by atoms with Crippen LogP contribution in [-0.2, 0) is 13.0 Å². The lowest BCUT2D eigenvalue weighted by atomic mass is 10.1. The molecule has 17 heavy (non-hydrogen) atoms. The molecule has 0 atom stereocenters. The van der Waals surface area contributed by atoms with E-state index in [4.69, 9.17) is 10.5 Å². The van der Waals surface area contributed by atoms with Gasteiger partial charge in [0.1, 0.15) is 5.75 Å². The Morgan fingerprint density at radius 3 is 3.12 bits per heavy atom. The van der Waals surface area contributed by atoms with Crippen LogP contribution in [-0.4, -0.2) is 16.2 Å². The predicted octanol–water partition coefficient (Wildman–Crippen LogP) is 1.76. The Morgan fingerprint density at radius 2 is 2.35 bits per heavy atom. The van der Waals surface area contributed by atoms with E-state index in [1.165, 1.54) is 11.1 Å². The highest BCUT2D eigenvalue weighted by atomic mass is 16.5. The first-order chi connectivity index (χ1) is 8.24. The lowest BCUT2D eigenvalue weighted by molar-refractivity contribution is 0.357. The van der Waals surface area contributed by atoms with Crippen molar-refractivity contribution in [1.82, 2.24) is 9.55 Å². The molecule has 88 valence electrons. The summed E-state index contributed by atoms with van der Waals surface area (Å²) < 4.78 is 7.50. The Morgan fingerprint density at radius 1 is 1.47 bits per heavy atom. The first kappa shape index (κ1) is 10.2. The topological polar surface area (TPSA) is 53.1 Å². The quantitative estimate of drug-likeness (QED) is 0.853. The minimum absolute atomic E-state index is 0.569. The molecule has 0 unspecified atom stereocenters. The van der Waals surface area contributed by atoms with Gasteiger partial charge in [0.15, 0.2) is 0 Å². The summed E-state index contributed by atoms with van der Waals surface area (Å²) in [6, 6.07) is 6.32. The average Bonchev–Trinajstić information content (AvgIpc) is 2.90. The van der Waals surface area contributed by atoms with E-state index < -0.39 is 0 Å². The van der Waals surface area contributed by atoms with Crippen LogP contribution in [0.3, 0.4) is 0 Å². The molecular formula is C13H15N3O. The van der Waals surface area contributed by atoms with Gasteiger partial charge >= 0.3 is 0 Å². The van der Waals surface area contributed by atoms with Gasteiger partial charge in [-0.05, 0) is 24.1 Å². The third-order valence-electron chi connectivity index (χ3n) is 3.18. The molecule has 1 aliphatic heterocycles. The fourth-order valence-corrected chi connectivity index (χ4v) is 2.21. The Bertz CT molecular complexity index is 540. The second-order valence-corrected chi connectivity index (χ2v) is 4.38. The summed E-state index contributed by atoms with van der Waals surface area (Å²) in [5.41, 5.74) is 9.44. The van der Waals surface area contributed by atoms with Crippen molar-refractivity contribution < 1.29 is 4.74 Å². The first-order valence-electron chi connectivity index (χ1n) is 5.76. The number of imidazole rings is 1. The molecule has 1 aromatic heterocycles. The number of anilines is 1. The number of aromatic nitrogens is 2. The number of nitrogen functional groups attached to an aromatic ring is 1. The second kappa shape index (κ2) is 3.80. The van der Waals surface area contributed by atoms with Crippen LogP contribution < -0.4 is 10.5 Å². The Balaban J connectivity index is 1.91. The molecule has 0 spiro atoms. The van der Waals surface area contributed by atoms with Crippen LogP contribution in [0.15, 0.2) is 24.4 Å². The van der Waals surface area contributed by atoms with Gasteiger partial charge in [-0.2, -0.15) is 0 Å². The van der Waals surface area contributed by atoms with Gasteiger partial charge in [0, 0.05) is 12.1 Å². The van der Waals surface area contributed by atoms with E-state index in [0.717, 1.165) is 31.0 Å². The fourth-order valence-electron chi connectivity index (χ4n) is 2.21. The molecule has 4 heteroatoms. The Hall–Kier alpha value is -1.97. The molecule has 0 bridgehead atoms. The van der Waals surface area contributed by atoms with Crippen LogP contribution in [0.4, 0.5) is 5.95 Å². The van der Waals surface area contributed by atoms with Crippen molar-refractivity contribution >= 4 is 5.95 Å². The van der Waals surface area contributed by atoms with Crippen molar-refractivity contribution in [2.75, 3.05) is 12.3 Å². The maximum absolute atomic E-state index is 5.83. The van der Waals surface area contributed by atoms with Gasteiger partial charge < -0.3 is 15.0 Å². The molecule has 2 heterocycles. The summed E-state index contributed by atoms with van der Waals surface area (Å²) in [7, 11) is 0. The molecule has 2 aromatic rings. The molecule has 1 aliphatic rings. The van der Waals surface area contributed by atoms with Crippen molar-refractivity contribution in [3.8, 4) is 5.75 Å². The van der Waals surface area contributed by atoms with Crippen LogP contribution in [0.2, 0.25) is 0 Å². The molecule has 0 amide bonds.